The van der Waals surface area contributed by atoms with Gasteiger partial charge in [0.15, 0.2) is 17.5 Å². The van der Waals surface area contributed by atoms with Gasteiger partial charge in [-0.2, -0.15) is 0 Å². The molecular formula is C48H33N3. The predicted molar refractivity (Wildman–Crippen MR) is 212 cm³/mol. The van der Waals surface area contributed by atoms with E-state index in [1.807, 2.05) is 18.2 Å². The first-order chi connectivity index (χ1) is 25.0. The Kier molecular flexibility index (Phi) is 6.53. The van der Waals surface area contributed by atoms with Crippen LogP contribution in [-0.2, 0) is 5.41 Å². The molecule has 3 heteroatoms. The van der Waals surface area contributed by atoms with E-state index in [0.717, 1.165) is 38.2 Å². The second-order valence-corrected chi connectivity index (χ2v) is 14.0. The zero-order valence-corrected chi connectivity index (χ0v) is 28.4. The molecule has 9 aromatic rings. The predicted octanol–water partition coefficient (Wildman–Crippen LogP) is 12.3. The highest BCUT2D eigenvalue weighted by Crippen LogP contribution is 2.52. The van der Waals surface area contributed by atoms with Gasteiger partial charge in [-0.15, -0.1) is 0 Å². The maximum Gasteiger partial charge on any atom is 0.165 e. The molecule has 10 rings (SSSR count). The molecule has 1 heterocycles. The van der Waals surface area contributed by atoms with Gasteiger partial charge in [0, 0.05) is 27.5 Å². The lowest BCUT2D eigenvalue weighted by molar-refractivity contribution is 0.660. The number of nitrogens with zero attached hydrogens (tertiary/aromatic N) is 3. The van der Waals surface area contributed by atoms with E-state index in [2.05, 4.69) is 159 Å². The summed E-state index contributed by atoms with van der Waals surface area (Å²) in [6.07, 6.45) is 0. The van der Waals surface area contributed by atoms with E-state index in [-0.39, 0.29) is 5.41 Å². The summed E-state index contributed by atoms with van der Waals surface area (Å²) in [5.74, 6) is 1.97. The number of aromatic nitrogens is 3. The van der Waals surface area contributed by atoms with Gasteiger partial charge in [0.05, 0.1) is 0 Å². The molecule has 3 nitrogen and oxygen atoms in total. The van der Waals surface area contributed by atoms with Gasteiger partial charge in [0.2, 0.25) is 0 Å². The molecule has 8 aromatic carbocycles. The van der Waals surface area contributed by atoms with Crippen molar-refractivity contribution in [3.05, 3.63) is 175 Å². The molecule has 0 unspecified atom stereocenters. The van der Waals surface area contributed by atoms with E-state index in [1.54, 1.807) is 0 Å². The van der Waals surface area contributed by atoms with E-state index in [9.17, 15) is 0 Å². The quantitative estimate of drug-likeness (QED) is 0.140. The topological polar surface area (TPSA) is 38.7 Å². The fourth-order valence-corrected chi connectivity index (χ4v) is 8.20. The minimum atomic E-state index is -0.0475. The second-order valence-electron chi connectivity index (χ2n) is 14.0. The molecule has 1 aliphatic carbocycles. The third kappa shape index (κ3) is 4.62. The lowest BCUT2D eigenvalue weighted by Gasteiger charge is -2.21. The molecule has 0 saturated carbocycles. The zero-order chi connectivity index (χ0) is 34.1. The summed E-state index contributed by atoms with van der Waals surface area (Å²) in [5.41, 5.74) is 10.7. The molecule has 1 aliphatic rings. The lowest BCUT2D eigenvalue weighted by atomic mass is 9.82. The van der Waals surface area contributed by atoms with Gasteiger partial charge in [0.25, 0.3) is 0 Å². The van der Waals surface area contributed by atoms with Crippen LogP contribution in [0.25, 0.3) is 88.7 Å². The summed E-state index contributed by atoms with van der Waals surface area (Å²) in [4.78, 5) is 15.6. The third-order valence-electron chi connectivity index (χ3n) is 10.7. The van der Waals surface area contributed by atoms with E-state index in [1.165, 1.54) is 44.2 Å². The van der Waals surface area contributed by atoms with Crippen molar-refractivity contribution in [1.29, 1.82) is 0 Å². The summed E-state index contributed by atoms with van der Waals surface area (Å²) in [6, 6.07) is 58.3. The number of hydrogen-bond donors (Lipinski definition) is 0. The Bertz CT molecular complexity index is 2820. The fourth-order valence-electron chi connectivity index (χ4n) is 8.20. The van der Waals surface area contributed by atoms with Crippen molar-refractivity contribution in [1.82, 2.24) is 15.0 Å². The maximum absolute atomic E-state index is 5.29. The van der Waals surface area contributed by atoms with Crippen LogP contribution in [-0.4, -0.2) is 15.0 Å². The fraction of sp³-hybridized carbons (Fsp3) is 0.0625. The number of hydrogen-bond acceptors (Lipinski definition) is 3. The smallest absolute Gasteiger partial charge is 0.165 e. The van der Waals surface area contributed by atoms with Crippen LogP contribution in [0.15, 0.2) is 164 Å². The highest BCUT2D eigenvalue weighted by molar-refractivity contribution is 6.21. The summed E-state index contributed by atoms with van der Waals surface area (Å²) < 4.78 is 0. The van der Waals surface area contributed by atoms with Crippen molar-refractivity contribution in [3.63, 3.8) is 0 Å². The van der Waals surface area contributed by atoms with Crippen LogP contribution in [0.3, 0.4) is 0 Å². The van der Waals surface area contributed by atoms with Crippen molar-refractivity contribution in [2.75, 3.05) is 0 Å². The minimum absolute atomic E-state index is 0.0475. The molecule has 0 N–H and O–H groups in total. The van der Waals surface area contributed by atoms with Gasteiger partial charge < -0.3 is 0 Å². The van der Waals surface area contributed by atoms with Crippen LogP contribution in [0.2, 0.25) is 0 Å². The van der Waals surface area contributed by atoms with Crippen LogP contribution in [0.4, 0.5) is 0 Å². The summed E-state index contributed by atoms with van der Waals surface area (Å²) >= 11 is 0. The van der Waals surface area contributed by atoms with Gasteiger partial charge in [-0.05, 0) is 66.4 Å². The van der Waals surface area contributed by atoms with Gasteiger partial charge in [-0.3, -0.25) is 0 Å². The Hall–Kier alpha value is -6.45. The molecule has 0 saturated heterocycles. The molecule has 0 fully saturated rings. The minimum Gasteiger partial charge on any atom is -0.208 e. The van der Waals surface area contributed by atoms with Crippen molar-refractivity contribution >= 4 is 32.3 Å². The monoisotopic (exact) mass is 651 g/mol. The average Bonchev–Trinajstić information content (AvgIpc) is 3.43. The van der Waals surface area contributed by atoms with Crippen molar-refractivity contribution in [3.8, 4) is 56.4 Å². The number of benzene rings is 8. The van der Waals surface area contributed by atoms with Gasteiger partial charge in [-0.25, -0.2) is 15.0 Å². The van der Waals surface area contributed by atoms with E-state index >= 15 is 0 Å². The van der Waals surface area contributed by atoms with Gasteiger partial charge in [0.1, 0.15) is 0 Å². The standard InChI is InChI=1S/C48H33N3/c1-48(2)40-21-11-10-19-39(40)43-37(20-12-22-41(43)48)31-23-26-33(27-24-31)46-49-45(32-14-4-3-5-15-32)50-47(51-46)44-38-18-9-7-16-34(38)29-35-28-25-30-13-6-8-17-36(30)42(35)44/h3-29H,1-2H3. The number of fused-ring (bicyclic) bond motifs is 7. The summed E-state index contributed by atoms with van der Waals surface area (Å²) in [7, 11) is 0. The molecule has 0 amide bonds. The van der Waals surface area contributed by atoms with Crippen LogP contribution in [0, 0.1) is 0 Å². The summed E-state index contributed by atoms with van der Waals surface area (Å²) in [5, 5.41) is 6.96. The van der Waals surface area contributed by atoms with Crippen LogP contribution in [0.5, 0.6) is 0 Å². The molecule has 0 spiro atoms. The normalized spacial score (nSPS) is 13.1. The molecule has 0 aliphatic heterocycles. The summed E-state index contributed by atoms with van der Waals surface area (Å²) in [6.45, 7) is 4.66. The SMILES string of the molecule is CC1(C)c2ccccc2-c2c(-c3ccc(-c4nc(-c5ccccc5)nc(-c5c6ccccc6cc6ccc7ccccc7c56)n4)cc3)cccc21. The molecule has 0 atom stereocenters. The van der Waals surface area contributed by atoms with Crippen LogP contribution in [0.1, 0.15) is 25.0 Å². The highest BCUT2D eigenvalue weighted by Gasteiger charge is 2.36. The van der Waals surface area contributed by atoms with Gasteiger partial charge >= 0.3 is 0 Å². The van der Waals surface area contributed by atoms with Crippen molar-refractivity contribution in [2.45, 2.75) is 19.3 Å². The molecule has 0 bridgehead atoms. The van der Waals surface area contributed by atoms with Crippen LogP contribution >= 0.6 is 0 Å². The van der Waals surface area contributed by atoms with Crippen LogP contribution < -0.4 is 0 Å². The zero-order valence-electron chi connectivity index (χ0n) is 28.4. The molecular weight excluding hydrogens is 619 g/mol. The third-order valence-corrected chi connectivity index (χ3v) is 10.7. The Balaban J connectivity index is 1.18. The van der Waals surface area contributed by atoms with Gasteiger partial charge in [-0.1, -0.05) is 172 Å². The maximum atomic E-state index is 5.29. The van der Waals surface area contributed by atoms with E-state index in [0.29, 0.717) is 17.5 Å². The first-order valence-electron chi connectivity index (χ1n) is 17.5. The Morgan fingerprint density at radius 3 is 1.75 bits per heavy atom. The largest absolute Gasteiger partial charge is 0.208 e. The van der Waals surface area contributed by atoms with Crippen molar-refractivity contribution in [2.24, 2.45) is 0 Å². The average molecular weight is 652 g/mol. The molecule has 0 radical (unpaired) electrons. The first kappa shape index (κ1) is 29.5. The van der Waals surface area contributed by atoms with Crippen molar-refractivity contribution < 1.29 is 0 Å². The second kappa shape index (κ2) is 11.3. The first-order valence-corrected chi connectivity index (χ1v) is 17.5. The highest BCUT2D eigenvalue weighted by atomic mass is 15.0. The lowest BCUT2D eigenvalue weighted by Crippen LogP contribution is -2.14. The molecule has 1 aromatic heterocycles. The molecule has 240 valence electrons. The Morgan fingerprint density at radius 2 is 0.941 bits per heavy atom. The molecule has 51 heavy (non-hydrogen) atoms. The number of rotatable bonds is 4. The van der Waals surface area contributed by atoms with E-state index < -0.39 is 0 Å². The Morgan fingerprint density at radius 1 is 0.373 bits per heavy atom. The van der Waals surface area contributed by atoms with E-state index in [4.69, 9.17) is 15.0 Å². The Labute approximate surface area is 297 Å².